The van der Waals surface area contributed by atoms with Crippen molar-refractivity contribution in [1.82, 2.24) is 20.3 Å². The third-order valence-electron chi connectivity index (χ3n) is 4.81. The summed E-state index contributed by atoms with van der Waals surface area (Å²) in [5.74, 6) is -0.172. The Kier molecular flexibility index (Phi) is 3.88. The largest absolute Gasteiger partial charge is 0.358 e. The van der Waals surface area contributed by atoms with Gasteiger partial charge in [-0.1, -0.05) is 13.0 Å². The van der Waals surface area contributed by atoms with Crippen LogP contribution in [0.1, 0.15) is 34.1 Å². The molecule has 0 saturated heterocycles. The molecular formula is C20H20N4O2. The number of rotatable bonds is 4. The van der Waals surface area contributed by atoms with Crippen LogP contribution in [0, 0.1) is 6.92 Å². The molecule has 6 nitrogen and oxygen atoms in total. The summed E-state index contributed by atoms with van der Waals surface area (Å²) in [5, 5.41) is 4.13. The topological polar surface area (TPSA) is 93.5 Å². The van der Waals surface area contributed by atoms with E-state index in [0.717, 1.165) is 17.5 Å². The zero-order valence-electron chi connectivity index (χ0n) is 14.7. The van der Waals surface area contributed by atoms with Crippen molar-refractivity contribution in [3.63, 3.8) is 0 Å². The molecule has 0 bridgehead atoms. The van der Waals surface area contributed by atoms with E-state index in [1.54, 1.807) is 18.2 Å². The highest BCUT2D eigenvalue weighted by molar-refractivity contribution is 5.97. The Hall–Kier alpha value is -3.28. The molecule has 0 aliphatic heterocycles. The van der Waals surface area contributed by atoms with Gasteiger partial charge in [0, 0.05) is 28.7 Å². The molecule has 0 aliphatic carbocycles. The fourth-order valence-corrected chi connectivity index (χ4v) is 3.35. The van der Waals surface area contributed by atoms with Crippen molar-refractivity contribution < 1.29 is 4.79 Å². The highest BCUT2D eigenvalue weighted by Crippen LogP contribution is 2.23. The van der Waals surface area contributed by atoms with Crippen LogP contribution in [0.5, 0.6) is 0 Å². The maximum atomic E-state index is 12.4. The van der Waals surface area contributed by atoms with Crippen molar-refractivity contribution in [3.05, 3.63) is 69.3 Å². The van der Waals surface area contributed by atoms with Crippen LogP contribution in [0.4, 0.5) is 0 Å². The minimum absolute atomic E-state index is 0.172. The van der Waals surface area contributed by atoms with E-state index in [1.165, 1.54) is 16.6 Å². The van der Waals surface area contributed by atoms with Gasteiger partial charge in [0.25, 0.3) is 5.91 Å². The van der Waals surface area contributed by atoms with Crippen LogP contribution in [0.3, 0.4) is 0 Å². The van der Waals surface area contributed by atoms with Gasteiger partial charge in [-0.3, -0.25) is 4.79 Å². The van der Waals surface area contributed by atoms with Crippen LogP contribution in [-0.4, -0.2) is 20.9 Å². The third kappa shape index (κ3) is 2.79. The number of nitrogens with one attached hydrogen (secondary N) is 4. The molecule has 0 atom stereocenters. The number of imidazole rings is 1. The molecule has 2 aromatic carbocycles. The molecule has 6 heteroatoms. The van der Waals surface area contributed by atoms with Gasteiger partial charge in [0.15, 0.2) is 0 Å². The molecular weight excluding hydrogens is 328 g/mol. The number of carbonyl (C=O) groups is 1. The summed E-state index contributed by atoms with van der Waals surface area (Å²) in [7, 11) is 0. The molecule has 0 fully saturated rings. The van der Waals surface area contributed by atoms with Gasteiger partial charge in [0.1, 0.15) is 0 Å². The fraction of sp³-hybridized carbons (Fsp3) is 0.200. The second-order valence-corrected chi connectivity index (χ2v) is 6.48. The third-order valence-corrected chi connectivity index (χ3v) is 4.81. The SMILES string of the molecule is CCc1[nH]c2ccc(CNC(=O)c3ccc4[nH]c(=O)[nH]c4c3)cc2c1C. The Morgan fingerprint density at radius 1 is 1.00 bits per heavy atom. The van der Waals surface area contributed by atoms with Gasteiger partial charge in [0.05, 0.1) is 11.0 Å². The average molecular weight is 348 g/mol. The van der Waals surface area contributed by atoms with Crippen LogP contribution in [0.25, 0.3) is 21.9 Å². The number of aryl methyl sites for hydroxylation is 2. The Morgan fingerprint density at radius 3 is 2.58 bits per heavy atom. The lowest BCUT2D eigenvalue weighted by Crippen LogP contribution is -2.22. The molecule has 2 heterocycles. The molecule has 0 unspecified atom stereocenters. The lowest BCUT2D eigenvalue weighted by molar-refractivity contribution is 0.0951. The Bertz CT molecular complexity index is 1180. The van der Waals surface area contributed by atoms with Crippen LogP contribution >= 0.6 is 0 Å². The molecule has 4 aromatic rings. The molecule has 0 aliphatic rings. The van der Waals surface area contributed by atoms with Crippen molar-refractivity contribution in [2.75, 3.05) is 0 Å². The van der Waals surface area contributed by atoms with Crippen molar-refractivity contribution in [3.8, 4) is 0 Å². The summed E-state index contributed by atoms with van der Waals surface area (Å²) in [6, 6.07) is 11.3. The molecule has 0 spiro atoms. The second kappa shape index (κ2) is 6.22. The fourth-order valence-electron chi connectivity index (χ4n) is 3.35. The Labute approximate surface area is 149 Å². The van der Waals surface area contributed by atoms with Crippen LogP contribution < -0.4 is 11.0 Å². The molecule has 0 saturated carbocycles. The summed E-state index contributed by atoms with van der Waals surface area (Å²) in [5.41, 5.74) is 6.22. The average Bonchev–Trinajstić information content (AvgIpc) is 3.17. The highest BCUT2D eigenvalue weighted by atomic mass is 16.2. The minimum atomic E-state index is -0.279. The maximum absolute atomic E-state index is 12.4. The lowest BCUT2D eigenvalue weighted by Gasteiger charge is -2.06. The second-order valence-electron chi connectivity index (χ2n) is 6.48. The maximum Gasteiger partial charge on any atom is 0.323 e. The molecule has 26 heavy (non-hydrogen) atoms. The van der Waals surface area contributed by atoms with Crippen molar-refractivity contribution in [2.45, 2.75) is 26.8 Å². The predicted octanol–water partition coefficient (Wildman–Crippen LogP) is 3.14. The quantitative estimate of drug-likeness (QED) is 0.456. The van der Waals surface area contributed by atoms with E-state index in [0.29, 0.717) is 23.1 Å². The minimum Gasteiger partial charge on any atom is -0.358 e. The van der Waals surface area contributed by atoms with Gasteiger partial charge >= 0.3 is 5.69 Å². The molecule has 4 rings (SSSR count). The smallest absolute Gasteiger partial charge is 0.323 e. The van der Waals surface area contributed by atoms with E-state index in [1.807, 2.05) is 6.07 Å². The van der Waals surface area contributed by atoms with Gasteiger partial charge in [-0.2, -0.15) is 0 Å². The Balaban J connectivity index is 1.53. The number of amides is 1. The summed E-state index contributed by atoms with van der Waals surface area (Å²) in [6.07, 6.45) is 0.969. The molecule has 4 N–H and O–H groups in total. The predicted molar refractivity (Wildman–Crippen MR) is 103 cm³/mol. The molecule has 1 amide bonds. The van der Waals surface area contributed by atoms with Crippen LogP contribution in [-0.2, 0) is 13.0 Å². The molecule has 2 aromatic heterocycles. The normalized spacial score (nSPS) is 11.3. The van der Waals surface area contributed by atoms with Crippen LogP contribution in [0.15, 0.2) is 41.2 Å². The van der Waals surface area contributed by atoms with Gasteiger partial charge < -0.3 is 20.3 Å². The van der Waals surface area contributed by atoms with Gasteiger partial charge in [0.2, 0.25) is 0 Å². The van der Waals surface area contributed by atoms with Gasteiger partial charge in [-0.05, 0) is 54.8 Å². The summed E-state index contributed by atoms with van der Waals surface area (Å²) < 4.78 is 0. The van der Waals surface area contributed by atoms with E-state index in [2.05, 4.69) is 46.2 Å². The van der Waals surface area contributed by atoms with Crippen molar-refractivity contribution in [2.24, 2.45) is 0 Å². The molecule has 0 radical (unpaired) electrons. The zero-order valence-corrected chi connectivity index (χ0v) is 14.7. The Morgan fingerprint density at radius 2 is 1.77 bits per heavy atom. The number of hydrogen-bond acceptors (Lipinski definition) is 2. The first-order valence-corrected chi connectivity index (χ1v) is 8.65. The van der Waals surface area contributed by atoms with E-state index in [-0.39, 0.29) is 11.6 Å². The monoisotopic (exact) mass is 348 g/mol. The number of aromatic nitrogens is 3. The standard InChI is InChI=1S/C20H20N4O2/c1-3-15-11(2)14-8-12(4-6-16(14)22-15)10-21-19(25)13-5-7-17-18(9-13)24-20(26)23-17/h4-9,22H,3,10H2,1-2H3,(H,21,25)(H2,23,24,26). The first-order valence-electron chi connectivity index (χ1n) is 8.65. The van der Waals surface area contributed by atoms with E-state index in [9.17, 15) is 9.59 Å². The summed E-state index contributed by atoms with van der Waals surface area (Å²) >= 11 is 0. The number of benzene rings is 2. The van der Waals surface area contributed by atoms with Crippen LogP contribution in [0.2, 0.25) is 0 Å². The van der Waals surface area contributed by atoms with E-state index in [4.69, 9.17) is 0 Å². The number of hydrogen-bond donors (Lipinski definition) is 4. The highest BCUT2D eigenvalue weighted by Gasteiger charge is 2.10. The number of fused-ring (bicyclic) bond motifs is 2. The van der Waals surface area contributed by atoms with Gasteiger partial charge in [-0.25, -0.2) is 4.79 Å². The van der Waals surface area contributed by atoms with Crippen molar-refractivity contribution in [1.29, 1.82) is 0 Å². The van der Waals surface area contributed by atoms with E-state index >= 15 is 0 Å². The van der Waals surface area contributed by atoms with Gasteiger partial charge in [-0.15, -0.1) is 0 Å². The lowest BCUT2D eigenvalue weighted by atomic mass is 10.1. The zero-order chi connectivity index (χ0) is 18.3. The number of aromatic amines is 3. The van der Waals surface area contributed by atoms with Crippen molar-refractivity contribution >= 4 is 27.8 Å². The summed E-state index contributed by atoms with van der Waals surface area (Å²) in [6.45, 7) is 4.70. The number of H-pyrrole nitrogens is 3. The molecule has 132 valence electrons. The first kappa shape index (κ1) is 16.2. The number of carbonyl (C=O) groups excluding carboxylic acids is 1. The van der Waals surface area contributed by atoms with E-state index < -0.39 is 0 Å². The first-order chi connectivity index (χ1) is 12.5. The summed E-state index contributed by atoms with van der Waals surface area (Å²) in [4.78, 5) is 32.5.